The van der Waals surface area contributed by atoms with Gasteiger partial charge in [-0.25, -0.2) is 4.79 Å². The monoisotopic (exact) mass is 226 g/mol. The van der Waals surface area contributed by atoms with Crippen LogP contribution >= 0.6 is 0 Å². The van der Waals surface area contributed by atoms with Gasteiger partial charge in [-0.3, -0.25) is 4.79 Å². The lowest BCUT2D eigenvalue weighted by atomic mass is 10.2. The van der Waals surface area contributed by atoms with Crippen molar-refractivity contribution in [1.82, 2.24) is 5.32 Å². The number of carbonyl (C=O) groups excluding carboxylic acids is 1. The number of carboxylic acids is 1. The zero-order valence-corrected chi connectivity index (χ0v) is 8.90. The van der Waals surface area contributed by atoms with E-state index in [4.69, 9.17) is 15.3 Å². The molecule has 1 amide bonds. The first-order valence-electron chi connectivity index (χ1n) is 4.81. The fourth-order valence-corrected chi connectivity index (χ4v) is 1.23. The van der Waals surface area contributed by atoms with Gasteiger partial charge in [0.1, 0.15) is 12.0 Å². The highest BCUT2D eigenvalue weighted by molar-refractivity contribution is 5.87. The molecular weight excluding hydrogens is 212 g/mol. The number of primary amides is 1. The molecule has 1 unspecified atom stereocenters. The van der Waals surface area contributed by atoms with Gasteiger partial charge in [0.2, 0.25) is 5.91 Å². The average molecular weight is 226 g/mol. The number of furan rings is 1. The molecule has 1 aromatic rings. The van der Waals surface area contributed by atoms with Crippen molar-refractivity contribution >= 4 is 11.9 Å². The summed E-state index contributed by atoms with van der Waals surface area (Å²) in [7, 11) is 0. The fourth-order valence-electron chi connectivity index (χ4n) is 1.23. The summed E-state index contributed by atoms with van der Waals surface area (Å²) in [5.74, 6) is -0.903. The van der Waals surface area contributed by atoms with Gasteiger partial charge in [-0.15, -0.1) is 0 Å². The maximum Gasteiger partial charge on any atom is 0.338 e. The molecule has 0 aliphatic rings. The average Bonchev–Trinajstić information content (AvgIpc) is 2.61. The number of carboxylic acid groups (broad SMARTS) is 1. The number of carbonyl (C=O) groups is 2. The Morgan fingerprint density at radius 3 is 2.81 bits per heavy atom. The van der Waals surface area contributed by atoms with Crippen LogP contribution in [0.2, 0.25) is 0 Å². The summed E-state index contributed by atoms with van der Waals surface area (Å²) >= 11 is 0. The van der Waals surface area contributed by atoms with Crippen LogP contribution in [0, 0.1) is 0 Å². The quantitative estimate of drug-likeness (QED) is 0.648. The van der Waals surface area contributed by atoms with Crippen molar-refractivity contribution < 1.29 is 19.1 Å². The second-order valence-electron chi connectivity index (χ2n) is 3.56. The highest BCUT2D eigenvalue weighted by atomic mass is 16.4. The molecule has 0 saturated carbocycles. The van der Waals surface area contributed by atoms with Gasteiger partial charge in [0.15, 0.2) is 0 Å². The Hall–Kier alpha value is -1.82. The second-order valence-corrected chi connectivity index (χ2v) is 3.56. The molecule has 0 fully saturated rings. The van der Waals surface area contributed by atoms with E-state index in [1.54, 1.807) is 0 Å². The molecule has 16 heavy (non-hydrogen) atoms. The van der Waals surface area contributed by atoms with Crippen LogP contribution in [-0.4, -0.2) is 23.0 Å². The lowest BCUT2D eigenvalue weighted by Crippen LogP contribution is -2.30. The summed E-state index contributed by atoms with van der Waals surface area (Å²) in [6.45, 7) is 2.17. The van der Waals surface area contributed by atoms with Crippen LogP contribution < -0.4 is 11.1 Å². The summed E-state index contributed by atoms with van der Waals surface area (Å²) in [4.78, 5) is 21.2. The molecule has 0 aliphatic heterocycles. The second kappa shape index (κ2) is 5.32. The zero-order valence-electron chi connectivity index (χ0n) is 8.90. The van der Waals surface area contributed by atoms with Gasteiger partial charge in [-0.2, -0.15) is 0 Å². The van der Waals surface area contributed by atoms with Crippen molar-refractivity contribution in [3.63, 3.8) is 0 Å². The van der Waals surface area contributed by atoms with Crippen LogP contribution in [0.25, 0.3) is 0 Å². The number of amides is 1. The summed E-state index contributed by atoms with van der Waals surface area (Å²) in [6.07, 6.45) is 1.41. The number of hydrogen-bond acceptors (Lipinski definition) is 4. The van der Waals surface area contributed by atoms with E-state index in [9.17, 15) is 9.59 Å². The summed E-state index contributed by atoms with van der Waals surface area (Å²) in [5, 5.41) is 11.6. The Morgan fingerprint density at radius 1 is 1.62 bits per heavy atom. The number of nitrogens with one attached hydrogen (secondary N) is 1. The third kappa shape index (κ3) is 3.74. The first-order chi connectivity index (χ1) is 7.49. The molecule has 0 spiro atoms. The lowest BCUT2D eigenvalue weighted by molar-refractivity contribution is -0.118. The summed E-state index contributed by atoms with van der Waals surface area (Å²) in [5.41, 5.74) is 5.14. The van der Waals surface area contributed by atoms with Gasteiger partial charge in [-0.1, -0.05) is 0 Å². The van der Waals surface area contributed by atoms with Crippen molar-refractivity contribution in [2.75, 3.05) is 0 Å². The highest BCUT2D eigenvalue weighted by Crippen LogP contribution is 2.07. The highest BCUT2D eigenvalue weighted by Gasteiger charge is 2.10. The topological polar surface area (TPSA) is 106 Å². The minimum Gasteiger partial charge on any atom is -0.478 e. The maximum absolute atomic E-state index is 10.6. The van der Waals surface area contributed by atoms with Gasteiger partial charge < -0.3 is 20.6 Å². The van der Waals surface area contributed by atoms with Crippen molar-refractivity contribution in [3.8, 4) is 0 Å². The van der Waals surface area contributed by atoms with E-state index in [1.807, 2.05) is 6.92 Å². The summed E-state index contributed by atoms with van der Waals surface area (Å²) < 4.78 is 5.02. The largest absolute Gasteiger partial charge is 0.478 e. The molecule has 6 heteroatoms. The Labute approximate surface area is 92.4 Å². The molecule has 1 aromatic heterocycles. The Balaban J connectivity index is 2.42. The normalized spacial score (nSPS) is 12.3. The van der Waals surface area contributed by atoms with Crippen LogP contribution in [0.15, 0.2) is 16.7 Å². The zero-order chi connectivity index (χ0) is 12.1. The minimum absolute atomic E-state index is 0.0733. The van der Waals surface area contributed by atoms with E-state index in [1.165, 1.54) is 12.3 Å². The van der Waals surface area contributed by atoms with Crippen LogP contribution in [-0.2, 0) is 11.3 Å². The number of rotatable bonds is 6. The molecule has 1 rings (SSSR count). The van der Waals surface area contributed by atoms with E-state index in [0.717, 1.165) is 0 Å². The van der Waals surface area contributed by atoms with Crippen molar-refractivity contribution in [3.05, 3.63) is 23.7 Å². The molecule has 88 valence electrons. The van der Waals surface area contributed by atoms with Gasteiger partial charge in [0, 0.05) is 12.5 Å². The number of nitrogens with two attached hydrogens (primary N) is 1. The van der Waals surface area contributed by atoms with E-state index < -0.39 is 5.97 Å². The van der Waals surface area contributed by atoms with Crippen molar-refractivity contribution in [1.29, 1.82) is 0 Å². The Morgan fingerprint density at radius 2 is 2.31 bits per heavy atom. The molecule has 0 saturated heterocycles. The molecule has 0 aliphatic carbocycles. The van der Waals surface area contributed by atoms with Gasteiger partial charge >= 0.3 is 5.97 Å². The number of hydrogen-bond donors (Lipinski definition) is 3. The van der Waals surface area contributed by atoms with Crippen molar-refractivity contribution in [2.24, 2.45) is 5.73 Å². The minimum atomic E-state index is -1.03. The SMILES string of the molecule is CC(CC(N)=O)NCc1cc(C(=O)O)co1. The van der Waals surface area contributed by atoms with Crippen LogP contribution in [0.4, 0.5) is 0 Å². The Bertz CT molecular complexity index is 386. The number of aromatic carboxylic acids is 1. The molecule has 0 radical (unpaired) electrons. The van der Waals surface area contributed by atoms with Gasteiger partial charge in [0.25, 0.3) is 0 Å². The predicted octanol–water partition coefficient (Wildman–Crippen LogP) is 0.331. The molecule has 1 atom stereocenters. The van der Waals surface area contributed by atoms with E-state index in [-0.39, 0.29) is 23.9 Å². The third-order valence-electron chi connectivity index (χ3n) is 2.03. The van der Waals surface area contributed by atoms with Crippen LogP contribution in [0.5, 0.6) is 0 Å². The van der Waals surface area contributed by atoms with E-state index in [2.05, 4.69) is 5.32 Å². The van der Waals surface area contributed by atoms with Crippen LogP contribution in [0.1, 0.15) is 29.5 Å². The van der Waals surface area contributed by atoms with E-state index in [0.29, 0.717) is 12.3 Å². The summed E-state index contributed by atoms with van der Waals surface area (Å²) in [6, 6.07) is 1.36. The maximum atomic E-state index is 10.6. The lowest BCUT2D eigenvalue weighted by Gasteiger charge is -2.09. The molecule has 0 bridgehead atoms. The Kier molecular flexibility index (Phi) is 4.07. The smallest absolute Gasteiger partial charge is 0.338 e. The van der Waals surface area contributed by atoms with Gasteiger partial charge in [-0.05, 0) is 13.0 Å². The molecule has 6 nitrogen and oxygen atoms in total. The first-order valence-corrected chi connectivity index (χ1v) is 4.81. The molecular formula is C10H14N2O4. The van der Waals surface area contributed by atoms with Crippen molar-refractivity contribution in [2.45, 2.75) is 25.9 Å². The third-order valence-corrected chi connectivity index (χ3v) is 2.03. The predicted molar refractivity (Wildman–Crippen MR) is 55.8 cm³/mol. The molecule has 0 aromatic carbocycles. The van der Waals surface area contributed by atoms with E-state index >= 15 is 0 Å². The van der Waals surface area contributed by atoms with Gasteiger partial charge in [0.05, 0.1) is 12.1 Å². The molecule has 1 heterocycles. The standard InChI is InChI=1S/C10H14N2O4/c1-6(2-9(11)13)12-4-8-3-7(5-16-8)10(14)15/h3,5-6,12H,2,4H2,1H3,(H2,11,13)(H,14,15). The fraction of sp³-hybridized carbons (Fsp3) is 0.400. The first kappa shape index (κ1) is 12.3. The molecule has 4 N–H and O–H groups in total. The van der Waals surface area contributed by atoms with Crippen LogP contribution in [0.3, 0.4) is 0 Å².